The molecule has 1 heterocycles. The zero-order valence-corrected chi connectivity index (χ0v) is 17.5. The van der Waals surface area contributed by atoms with E-state index in [9.17, 15) is 19.7 Å². The first kappa shape index (κ1) is 21.5. The lowest BCUT2D eigenvalue weighted by atomic mass is 10.2. The van der Waals surface area contributed by atoms with Crippen LogP contribution in [0.4, 0.5) is 11.4 Å². The van der Waals surface area contributed by atoms with E-state index in [1.807, 2.05) is 12.1 Å². The van der Waals surface area contributed by atoms with Gasteiger partial charge in [-0.3, -0.25) is 24.6 Å². The molecule has 1 aliphatic rings. The second-order valence-corrected chi connectivity index (χ2v) is 7.88. The van der Waals surface area contributed by atoms with Crippen molar-refractivity contribution in [3.8, 4) is 5.75 Å². The molecule has 0 saturated carbocycles. The van der Waals surface area contributed by atoms with E-state index in [1.165, 1.54) is 40.9 Å². The summed E-state index contributed by atoms with van der Waals surface area (Å²) in [6, 6.07) is 12.8. The number of thioether (sulfide) groups is 1. The van der Waals surface area contributed by atoms with Crippen molar-refractivity contribution in [2.24, 2.45) is 0 Å². The summed E-state index contributed by atoms with van der Waals surface area (Å²) in [5.74, 6) is 0.153. The number of ether oxygens (including phenoxy) is 1. The van der Waals surface area contributed by atoms with E-state index in [0.29, 0.717) is 14.9 Å². The number of nitrogens with zero attached hydrogens (tertiary/aromatic N) is 2. The summed E-state index contributed by atoms with van der Waals surface area (Å²) in [7, 11) is 1.58. The van der Waals surface area contributed by atoms with Gasteiger partial charge in [-0.25, -0.2) is 0 Å². The summed E-state index contributed by atoms with van der Waals surface area (Å²) < 4.78 is 5.51. The second-order valence-electron chi connectivity index (χ2n) is 6.21. The van der Waals surface area contributed by atoms with Crippen LogP contribution in [0.1, 0.15) is 12.0 Å². The number of nitrogens with one attached hydrogen (secondary N) is 1. The molecule has 1 N–H and O–H groups in total. The number of hydrogen-bond donors (Lipinski definition) is 1. The number of rotatable bonds is 7. The number of nitro groups is 1. The molecule has 1 fully saturated rings. The molecule has 0 bridgehead atoms. The Hall–Kier alpha value is -3.24. The highest BCUT2D eigenvalue weighted by Crippen LogP contribution is 2.32. The molecule has 0 unspecified atom stereocenters. The van der Waals surface area contributed by atoms with Gasteiger partial charge in [0.15, 0.2) is 0 Å². The minimum Gasteiger partial charge on any atom is -0.497 e. The topological polar surface area (TPSA) is 102 Å². The largest absolute Gasteiger partial charge is 0.497 e. The first-order valence-corrected chi connectivity index (χ1v) is 10.0. The summed E-state index contributed by atoms with van der Waals surface area (Å²) in [4.78, 5) is 36.9. The summed E-state index contributed by atoms with van der Waals surface area (Å²) in [6.45, 7) is 0.142. The van der Waals surface area contributed by atoms with Gasteiger partial charge < -0.3 is 10.1 Å². The number of nitro benzene ring substituents is 1. The van der Waals surface area contributed by atoms with Crippen LogP contribution in [0.2, 0.25) is 0 Å². The van der Waals surface area contributed by atoms with Crippen LogP contribution >= 0.6 is 24.0 Å². The molecule has 0 aliphatic carbocycles. The molecule has 8 nitrogen and oxygen atoms in total. The number of thiocarbonyl (C=S) groups is 1. The smallest absolute Gasteiger partial charge is 0.269 e. The number of methoxy groups -OCH3 is 1. The fraction of sp³-hybridized carbons (Fsp3) is 0.150. The third kappa shape index (κ3) is 5.22. The van der Waals surface area contributed by atoms with Gasteiger partial charge in [0.2, 0.25) is 5.91 Å². The van der Waals surface area contributed by atoms with Crippen molar-refractivity contribution in [2.45, 2.75) is 6.42 Å². The van der Waals surface area contributed by atoms with E-state index >= 15 is 0 Å². The molecule has 0 spiro atoms. The molecule has 30 heavy (non-hydrogen) atoms. The second kappa shape index (κ2) is 9.51. The quantitative estimate of drug-likeness (QED) is 0.300. The molecule has 2 amide bonds. The van der Waals surface area contributed by atoms with Gasteiger partial charge in [-0.05, 0) is 35.9 Å². The normalized spacial score (nSPS) is 14.8. The Morgan fingerprint density at radius 2 is 1.90 bits per heavy atom. The highest BCUT2D eigenvalue weighted by atomic mass is 32.2. The Labute approximate surface area is 182 Å². The number of benzene rings is 2. The summed E-state index contributed by atoms with van der Waals surface area (Å²) in [5.41, 5.74) is 1.22. The molecule has 10 heteroatoms. The molecular formula is C20H17N3O5S2. The van der Waals surface area contributed by atoms with Gasteiger partial charge in [0.25, 0.3) is 11.6 Å². The molecule has 154 valence electrons. The lowest BCUT2D eigenvalue weighted by Gasteiger charge is -2.14. The zero-order chi connectivity index (χ0) is 21.7. The maximum Gasteiger partial charge on any atom is 0.269 e. The third-order valence-corrected chi connectivity index (χ3v) is 5.59. The van der Waals surface area contributed by atoms with E-state index in [-0.39, 0.29) is 30.5 Å². The molecule has 1 saturated heterocycles. The summed E-state index contributed by atoms with van der Waals surface area (Å²) >= 11 is 6.47. The minimum atomic E-state index is -0.514. The number of non-ortho nitro benzene ring substituents is 1. The molecule has 1 aliphatic heterocycles. The maximum absolute atomic E-state index is 12.6. The minimum absolute atomic E-state index is 0.0409. The van der Waals surface area contributed by atoms with Crippen LogP contribution in [0, 0.1) is 10.1 Å². The van der Waals surface area contributed by atoms with Crippen LogP contribution in [0.3, 0.4) is 0 Å². The Kier molecular flexibility index (Phi) is 6.80. The van der Waals surface area contributed by atoms with Crippen LogP contribution in [0.5, 0.6) is 5.75 Å². The number of carbonyl (C=O) groups is 2. The van der Waals surface area contributed by atoms with Crippen LogP contribution in [-0.2, 0) is 9.59 Å². The van der Waals surface area contributed by atoms with Gasteiger partial charge in [0.1, 0.15) is 10.1 Å². The molecular weight excluding hydrogens is 426 g/mol. The molecule has 2 aromatic carbocycles. The van der Waals surface area contributed by atoms with E-state index in [2.05, 4.69) is 5.32 Å². The predicted octanol–water partition coefficient (Wildman–Crippen LogP) is 3.83. The number of hydrogen-bond acceptors (Lipinski definition) is 7. The first-order valence-electron chi connectivity index (χ1n) is 8.81. The standard InChI is InChI=1S/C20H17N3O5S2/c1-28-16-8-2-13(3-9-16)12-17-19(25)22(20(29)30-17)11-10-18(24)21-14-4-6-15(7-5-14)23(26)27/h2-9,12H,10-11H2,1H3,(H,21,24)/b17-12-. The average Bonchev–Trinajstić information content (AvgIpc) is 3.00. The van der Waals surface area contributed by atoms with Crippen LogP contribution in [-0.4, -0.2) is 39.6 Å². The van der Waals surface area contributed by atoms with Crippen molar-refractivity contribution < 1.29 is 19.2 Å². The molecule has 3 rings (SSSR count). The Balaban J connectivity index is 1.57. The van der Waals surface area contributed by atoms with Crippen molar-refractivity contribution in [3.63, 3.8) is 0 Å². The van der Waals surface area contributed by atoms with Crippen LogP contribution in [0.15, 0.2) is 53.4 Å². The lowest BCUT2D eigenvalue weighted by Crippen LogP contribution is -2.31. The Bertz CT molecular complexity index is 1020. The predicted molar refractivity (Wildman–Crippen MR) is 119 cm³/mol. The first-order chi connectivity index (χ1) is 14.4. The molecule has 0 radical (unpaired) electrons. The van der Waals surface area contributed by atoms with Crippen molar-refractivity contribution in [1.82, 2.24) is 4.90 Å². The third-order valence-electron chi connectivity index (χ3n) is 4.21. The van der Waals surface area contributed by atoms with Crippen molar-refractivity contribution in [2.75, 3.05) is 19.0 Å². The summed E-state index contributed by atoms with van der Waals surface area (Å²) in [5, 5.41) is 13.3. The van der Waals surface area contributed by atoms with E-state index in [1.54, 1.807) is 25.3 Å². The van der Waals surface area contributed by atoms with E-state index in [0.717, 1.165) is 11.3 Å². The number of anilines is 1. The summed E-state index contributed by atoms with van der Waals surface area (Å²) in [6.07, 6.45) is 1.79. The molecule has 0 atom stereocenters. The van der Waals surface area contributed by atoms with Crippen molar-refractivity contribution in [3.05, 3.63) is 69.1 Å². The fourth-order valence-corrected chi connectivity index (χ4v) is 3.96. The molecule has 2 aromatic rings. The van der Waals surface area contributed by atoms with Crippen LogP contribution in [0.25, 0.3) is 6.08 Å². The van der Waals surface area contributed by atoms with Gasteiger partial charge in [-0.15, -0.1) is 0 Å². The van der Waals surface area contributed by atoms with Gasteiger partial charge >= 0.3 is 0 Å². The Morgan fingerprint density at radius 1 is 1.23 bits per heavy atom. The van der Waals surface area contributed by atoms with E-state index < -0.39 is 4.92 Å². The van der Waals surface area contributed by atoms with E-state index in [4.69, 9.17) is 17.0 Å². The highest BCUT2D eigenvalue weighted by Gasteiger charge is 2.32. The number of carbonyl (C=O) groups excluding carboxylic acids is 2. The molecule has 0 aromatic heterocycles. The fourth-order valence-electron chi connectivity index (χ4n) is 2.65. The zero-order valence-electron chi connectivity index (χ0n) is 15.9. The highest BCUT2D eigenvalue weighted by molar-refractivity contribution is 8.26. The van der Waals surface area contributed by atoms with Gasteiger partial charge in [0.05, 0.1) is 16.9 Å². The van der Waals surface area contributed by atoms with Gasteiger partial charge in [-0.2, -0.15) is 0 Å². The monoisotopic (exact) mass is 443 g/mol. The average molecular weight is 444 g/mol. The maximum atomic E-state index is 12.6. The Morgan fingerprint density at radius 3 is 2.50 bits per heavy atom. The van der Waals surface area contributed by atoms with Crippen molar-refractivity contribution >= 4 is 57.6 Å². The van der Waals surface area contributed by atoms with Crippen molar-refractivity contribution in [1.29, 1.82) is 0 Å². The number of amides is 2. The SMILES string of the molecule is COc1ccc(/C=C2\SC(=S)N(CCC(=O)Nc3ccc([N+](=O)[O-])cc3)C2=O)cc1. The van der Waals surface area contributed by atoms with Crippen LogP contribution < -0.4 is 10.1 Å². The van der Waals surface area contributed by atoms with Gasteiger partial charge in [0, 0.05) is 30.8 Å². The lowest BCUT2D eigenvalue weighted by molar-refractivity contribution is -0.384. The van der Waals surface area contributed by atoms with Gasteiger partial charge in [-0.1, -0.05) is 36.1 Å².